The number of ether oxygens (including phenoxy) is 2. The number of esters is 1. The minimum atomic E-state index is -2.27. The van der Waals surface area contributed by atoms with Crippen LogP contribution in [0.5, 0.6) is 0 Å². The SMILES string of the molecule is CO[C@@H]1/C=C(\C)C[C@H](/C=C/C=C\I)OC(=O)CC(=O)C[C@H](O[Si](C)(C)C(C)(C)C)[C@@H](C)[C@@H](O[Si](C)(C)C(C)(C)C)[C@@H]1C. The Kier molecular flexibility index (Phi) is 15.1. The number of hydrogen-bond donors (Lipinski definition) is 0. The summed E-state index contributed by atoms with van der Waals surface area (Å²) < 4.78 is 28.0. The van der Waals surface area contributed by atoms with Crippen molar-refractivity contribution in [3.63, 3.8) is 0 Å². The molecule has 0 unspecified atom stereocenters. The first-order chi connectivity index (χ1) is 19.1. The van der Waals surface area contributed by atoms with Gasteiger partial charge in [0.05, 0.1) is 18.3 Å². The first-order valence-electron chi connectivity index (χ1n) is 15.3. The highest BCUT2D eigenvalue weighted by Gasteiger charge is 2.47. The van der Waals surface area contributed by atoms with Crippen LogP contribution in [0.4, 0.5) is 0 Å². The molecule has 0 N–H and O–H groups in total. The highest BCUT2D eigenvalue weighted by molar-refractivity contribution is 14.1. The molecular weight excluding hydrogens is 675 g/mol. The molecule has 242 valence electrons. The van der Waals surface area contributed by atoms with E-state index in [1.54, 1.807) is 7.11 Å². The van der Waals surface area contributed by atoms with E-state index in [4.69, 9.17) is 18.3 Å². The lowest BCUT2D eigenvalue weighted by Crippen LogP contribution is -2.53. The Morgan fingerprint density at radius 1 is 0.905 bits per heavy atom. The molecule has 0 radical (unpaired) electrons. The normalized spacial score (nSPS) is 29.8. The molecule has 0 fully saturated rings. The van der Waals surface area contributed by atoms with Crippen LogP contribution in [-0.2, 0) is 27.9 Å². The van der Waals surface area contributed by atoms with Crippen LogP contribution in [-0.4, -0.2) is 59.9 Å². The Balaban J connectivity index is 3.78. The Bertz CT molecular complexity index is 989. The Morgan fingerprint density at radius 3 is 1.95 bits per heavy atom. The molecule has 0 saturated carbocycles. The van der Waals surface area contributed by atoms with Crippen LogP contribution in [0, 0.1) is 11.8 Å². The number of methoxy groups -OCH3 is 1. The Labute approximate surface area is 272 Å². The second-order valence-electron chi connectivity index (χ2n) is 15.0. The van der Waals surface area contributed by atoms with Crippen LogP contribution in [0.3, 0.4) is 0 Å². The molecule has 0 aromatic rings. The van der Waals surface area contributed by atoms with Crippen molar-refractivity contribution in [1.82, 2.24) is 0 Å². The Hall–Kier alpha value is -0.596. The van der Waals surface area contributed by atoms with Gasteiger partial charge in [0.15, 0.2) is 16.6 Å². The van der Waals surface area contributed by atoms with E-state index < -0.39 is 34.8 Å². The molecule has 0 aliphatic carbocycles. The second kappa shape index (κ2) is 16.1. The maximum Gasteiger partial charge on any atom is 0.313 e. The lowest BCUT2D eigenvalue weighted by molar-refractivity contribution is -0.149. The van der Waals surface area contributed by atoms with E-state index in [0.717, 1.165) is 5.57 Å². The van der Waals surface area contributed by atoms with E-state index in [0.29, 0.717) is 6.42 Å². The molecule has 9 heteroatoms. The summed E-state index contributed by atoms with van der Waals surface area (Å²) >= 11 is 2.15. The molecule has 6 atom stereocenters. The maximum atomic E-state index is 13.5. The number of ketones is 1. The standard InChI is InChI=1S/C33H59IO6Si2/c1-23-19-27(17-15-16-18-34)38-30(36)22-26(35)21-29(39-41(11,12)32(4,5)6)25(3)31(24(2)28(20-23)37-10)40-42(13,14)33(7,8)9/h15-18,20,24-25,27-29,31H,19,21-22H2,1-14H3/b17-15+,18-16-,23-20+/t24-,25-,27+,28-,29+,31+/m1/s1. The number of Topliss-reactive ketones (excluding diaryl/α,β-unsaturated/α-hetero) is 1. The number of carbonyl (C=O) groups is 2. The zero-order valence-corrected chi connectivity index (χ0v) is 33.0. The van der Waals surface area contributed by atoms with Crippen molar-refractivity contribution in [1.29, 1.82) is 0 Å². The van der Waals surface area contributed by atoms with Crippen LogP contribution in [0.1, 0.15) is 81.6 Å². The molecule has 42 heavy (non-hydrogen) atoms. The lowest BCUT2D eigenvalue weighted by Gasteiger charge is -2.47. The fourth-order valence-corrected chi connectivity index (χ4v) is 7.76. The quantitative estimate of drug-likeness (QED) is 0.0649. The topological polar surface area (TPSA) is 71.1 Å². The summed E-state index contributed by atoms with van der Waals surface area (Å²) in [6, 6.07) is 0. The highest BCUT2D eigenvalue weighted by atomic mass is 127. The molecule has 0 amide bonds. The van der Waals surface area contributed by atoms with E-state index in [-0.39, 0.29) is 52.7 Å². The number of carbonyl (C=O) groups excluding carboxylic acids is 2. The molecule has 1 aliphatic rings. The van der Waals surface area contributed by atoms with E-state index in [2.05, 4.69) is 110 Å². The lowest BCUT2D eigenvalue weighted by atomic mass is 9.83. The number of cyclic esters (lactones) is 1. The molecular formula is C33H59IO6Si2. The minimum absolute atomic E-state index is 0.00116. The summed E-state index contributed by atoms with van der Waals surface area (Å²) in [7, 11) is -2.76. The van der Waals surface area contributed by atoms with Gasteiger partial charge in [-0.25, -0.2) is 0 Å². The molecule has 1 rings (SSSR count). The first-order valence-corrected chi connectivity index (χ1v) is 22.3. The van der Waals surface area contributed by atoms with Crippen LogP contribution in [0.2, 0.25) is 36.3 Å². The van der Waals surface area contributed by atoms with Crippen LogP contribution in [0.25, 0.3) is 0 Å². The molecule has 1 aliphatic heterocycles. The van der Waals surface area contributed by atoms with E-state index in [1.165, 1.54) is 0 Å². The summed E-state index contributed by atoms with van der Waals surface area (Å²) in [4.78, 5) is 26.5. The fraction of sp³-hybridized carbons (Fsp3) is 0.758. The van der Waals surface area contributed by atoms with Gasteiger partial charge in [-0.3, -0.25) is 9.59 Å². The third kappa shape index (κ3) is 11.7. The average Bonchev–Trinajstić information content (AvgIpc) is 2.82. The zero-order valence-electron chi connectivity index (χ0n) is 28.8. The molecule has 0 spiro atoms. The maximum absolute atomic E-state index is 13.5. The number of allylic oxidation sites excluding steroid dienone is 2. The third-order valence-electron chi connectivity index (χ3n) is 9.44. The van der Waals surface area contributed by atoms with Crippen LogP contribution >= 0.6 is 22.6 Å². The minimum Gasteiger partial charge on any atom is -0.457 e. The summed E-state index contributed by atoms with van der Waals surface area (Å²) in [6.45, 7) is 28.7. The van der Waals surface area contributed by atoms with Crippen molar-refractivity contribution < 1.29 is 27.9 Å². The van der Waals surface area contributed by atoms with Crippen LogP contribution < -0.4 is 0 Å². The molecule has 6 nitrogen and oxygen atoms in total. The van der Waals surface area contributed by atoms with Gasteiger partial charge in [-0.2, -0.15) is 0 Å². The largest absolute Gasteiger partial charge is 0.457 e. The molecule has 0 aromatic carbocycles. The average molecular weight is 735 g/mol. The summed E-state index contributed by atoms with van der Waals surface area (Å²) in [5.74, 6) is -0.816. The highest BCUT2D eigenvalue weighted by Crippen LogP contribution is 2.43. The van der Waals surface area contributed by atoms with Gasteiger partial charge in [-0.1, -0.05) is 102 Å². The third-order valence-corrected chi connectivity index (χ3v) is 18.8. The van der Waals surface area contributed by atoms with Crippen molar-refractivity contribution in [2.75, 3.05) is 7.11 Å². The first kappa shape index (κ1) is 39.4. The van der Waals surface area contributed by atoms with E-state index in [9.17, 15) is 9.59 Å². The van der Waals surface area contributed by atoms with Gasteiger partial charge in [0.1, 0.15) is 18.3 Å². The fourth-order valence-electron chi connectivity index (χ4n) is 4.65. The van der Waals surface area contributed by atoms with Crippen molar-refractivity contribution in [3.05, 3.63) is 34.0 Å². The second-order valence-corrected chi connectivity index (χ2v) is 25.3. The van der Waals surface area contributed by atoms with Crippen LogP contribution in [0.15, 0.2) is 34.0 Å². The van der Waals surface area contributed by atoms with Crippen molar-refractivity contribution >= 4 is 51.0 Å². The van der Waals surface area contributed by atoms with E-state index >= 15 is 0 Å². The number of halogens is 1. The smallest absolute Gasteiger partial charge is 0.313 e. The molecule has 0 aromatic heterocycles. The molecule has 0 saturated heterocycles. The van der Waals surface area contributed by atoms with Gasteiger partial charge in [0.2, 0.25) is 0 Å². The molecule has 1 heterocycles. The monoisotopic (exact) mass is 734 g/mol. The van der Waals surface area contributed by atoms with Gasteiger partial charge < -0.3 is 18.3 Å². The van der Waals surface area contributed by atoms with Gasteiger partial charge in [0, 0.05) is 31.8 Å². The molecule has 0 bridgehead atoms. The van der Waals surface area contributed by atoms with Gasteiger partial charge >= 0.3 is 5.97 Å². The van der Waals surface area contributed by atoms with Gasteiger partial charge in [0.25, 0.3) is 0 Å². The van der Waals surface area contributed by atoms with Crippen molar-refractivity contribution in [2.24, 2.45) is 11.8 Å². The number of rotatable bonds is 7. The van der Waals surface area contributed by atoms with Gasteiger partial charge in [-0.05, 0) is 53.3 Å². The summed E-state index contributed by atoms with van der Waals surface area (Å²) in [6.07, 6.45) is 6.79. The number of hydrogen-bond acceptors (Lipinski definition) is 6. The summed E-state index contributed by atoms with van der Waals surface area (Å²) in [5, 5.41) is -0.0444. The predicted molar refractivity (Wildman–Crippen MR) is 188 cm³/mol. The van der Waals surface area contributed by atoms with Crippen molar-refractivity contribution in [3.8, 4) is 0 Å². The van der Waals surface area contributed by atoms with E-state index in [1.807, 2.05) is 29.2 Å². The summed E-state index contributed by atoms with van der Waals surface area (Å²) in [5.41, 5.74) is 1.05. The van der Waals surface area contributed by atoms with Crippen molar-refractivity contribution in [2.45, 2.75) is 142 Å². The predicted octanol–water partition coefficient (Wildman–Crippen LogP) is 9.17. The van der Waals surface area contributed by atoms with Gasteiger partial charge in [-0.15, -0.1) is 0 Å². The zero-order chi connectivity index (χ0) is 32.7. The Morgan fingerprint density at radius 2 is 1.45 bits per heavy atom.